The van der Waals surface area contributed by atoms with Crippen LogP contribution in [0.15, 0.2) is 77.8 Å². The monoisotopic (exact) mass is 498 g/mol. The molecular weight excluding hydrogens is 471 g/mol. The summed E-state index contributed by atoms with van der Waals surface area (Å²) in [6.45, 7) is 5.21. The van der Waals surface area contributed by atoms with Gasteiger partial charge in [0.05, 0.1) is 11.1 Å². The number of anilines is 1. The average Bonchev–Trinajstić information content (AvgIpc) is 2.78. The smallest absolute Gasteiger partial charge is 0.270 e. The number of halogens is 1. The van der Waals surface area contributed by atoms with Crippen molar-refractivity contribution < 1.29 is 22.4 Å². The van der Waals surface area contributed by atoms with Gasteiger partial charge in [0, 0.05) is 17.6 Å². The van der Waals surface area contributed by atoms with Crippen molar-refractivity contribution in [3.05, 3.63) is 90.0 Å². The topological polar surface area (TPSA) is 117 Å². The number of carbonyl (C=O) groups is 2. The molecule has 35 heavy (non-hydrogen) atoms. The molecule has 0 saturated carbocycles. The van der Waals surface area contributed by atoms with E-state index in [2.05, 4.69) is 20.3 Å². The molecule has 0 bridgehead atoms. The molecule has 184 valence electrons. The second kappa shape index (κ2) is 10.7. The van der Waals surface area contributed by atoms with Gasteiger partial charge in [-0.25, -0.2) is 22.5 Å². The highest BCUT2D eigenvalue weighted by molar-refractivity contribution is 7.89. The van der Waals surface area contributed by atoms with Crippen LogP contribution in [0.5, 0.6) is 0 Å². The molecule has 0 aliphatic rings. The summed E-state index contributed by atoms with van der Waals surface area (Å²) < 4.78 is 40.7. The third kappa shape index (κ3) is 7.69. The molecule has 0 radical (unpaired) electrons. The van der Waals surface area contributed by atoms with Gasteiger partial charge in [0.1, 0.15) is 17.6 Å². The summed E-state index contributed by atoms with van der Waals surface area (Å²) in [6.07, 6.45) is 1.12. The molecule has 0 fully saturated rings. The molecular formula is C25H27FN4O4S. The Kier molecular flexibility index (Phi) is 7.98. The van der Waals surface area contributed by atoms with Gasteiger partial charge in [0.15, 0.2) is 0 Å². The lowest BCUT2D eigenvalue weighted by Crippen LogP contribution is -2.45. The summed E-state index contributed by atoms with van der Waals surface area (Å²) in [5, 5.41) is 5.35. The number of hydrogen-bond donors (Lipinski definition) is 3. The van der Waals surface area contributed by atoms with E-state index >= 15 is 0 Å². The van der Waals surface area contributed by atoms with Crippen molar-refractivity contribution in [3.63, 3.8) is 0 Å². The molecule has 2 aromatic carbocycles. The minimum absolute atomic E-state index is 0.0295. The van der Waals surface area contributed by atoms with E-state index in [1.807, 2.05) is 30.3 Å². The van der Waals surface area contributed by atoms with E-state index in [0.717, 1.165) is 17.8 Å². The number of benzene rings is 2. The van der Waals surface area contributed by atoms with Gasteiger partial charge in [-0.05, 0) is 62.7 Å². The molecule has 1 aromatic heterocycles. The van der Waals surface area contributed by atoms with Gasteiger partial charge in [-0.3, -0.25) is 9.59 Å². The number of nitrogens with one attached hydrogen (secondary N) is 3. The molecule has 0 aliphatic carbocycles. The van der Waals surface area contributed by atoms with Gasteiger partial charge in [-0.2, -0.15) is 0 Å². The number of sulfonamides is 1. The predicted molar refractivity (Wildman–Crippen MR) is 131 cm³/mol. The van der Waals surface area contributed by atoms with Gasteiger partial charge in [-0.15, -0.1) is 0 Å². The van der Waals surface area contributed by atoms with Crippen LogP contribution in [0.3, 0.4) is 0 Å². The Morgan fingerprint density at radius 2 is 1.63 bits per heavy atom. The van der Waals surface area contributed by atoms with Crippen LogP contribution in [-0.4, -0.2) is 36.8 Å². The zero-order chi connectivity index (χ0) is 25.6. The maximum absolute atomic E-state index is 13.2. The number of aromatic nitrogens is 1. The van der Waals surface area contributed by atoms with E-state index in [-0.39, 0.29) is 17.0 Å². The summed E-state index contributed by atoms with van der Waals surface area (Å²) in [5.74, 6) is -1.72. The highest BCUT2D eigenvalue weighted by Crippen LogP contribution is 2.17. The molecule has 0 saturated heterocycles. The first-order valence-electron chi connectivity index (χ1n) is 10.8. The molecule has 8 nitrogen and oxygen atoms in total. The van der Waals surface area contributed by atoms with Crippen molar-refractivity contribution in [2.24, 2.45) is 0 Å². The summed E-state index contributed by atoms with van der Waals surface area (Å²) in [5.41, 5.74) is 0.498. The molecule has 0 spiro atoms. The highest BCUT2D eigenvalue weighted by atomic mass is 32.2. The van der Waals surface area contributed by atoms with Crippen molar-refractivity contribution in [2.75, 3.05) is 5.32 Å². The Balaban J connectivity index is 1.77. The summed E-state index contributed by atoms with van der Waals surface area (Å²) in [7, 11) is -3.72. The molecule has 1 atom stereocenters. The minimum atomic E-state index is -3.72. The second-order valence-electron chi connectivity index (χ2n) is 8.95. The summed E-state index contributed by atoms with van der Waals surface area (Å²) >= 11 is 0. The Morgan fingerprint density at radius 3 is 2.20 bits per heavy atom. The maximum atomic E-state index is 13.2. The van der Waals surface area contributed by atoms with Crippen LogP contribution in [0.2, 0.25) is 0 Å². The lowest BCUT2D eigenvalue weighted by Gasteiger charge is -2.21. The molecule has 0 aliphatic heterocycles. The van der Waals surface area contributed by atoms with Crippen LogP contribution in [0, 0.1) is 5.82 Å². The normalized spacial score (nSPS) is 12.6. The molecule has 3 aromatic rings. The maximum Gasteiger partial charge on any atom is 0.270 e. The zero-order valence-electron chi connectivity index (χ0n) is 19.6. The molecule has 0 unspecified atom stereocenters. The van der Waals surface area contributed by atoms with Crippen molar-refractivity contribution in [3.8, 4) is 0 Å². The van der Waals surface area contributed by atoms with Gasteiger partial charge in [0.2, 0.25) is 15.9 Å². The van der Waals surface area contributed by atoms with Crippen LogP contribution in [0.25, 0.3) is 0 Å². The van der Waals surface area contributed by atoms with E-state index in [1.54, 1.807) is 20.8 Å². The third-order valence-corrected chi connectivity index (χ3v) is 6.51. The molecule has 10 heteroatoms. The van der Waals surface area contributed by atoms with Crippen molar-refractivity contribution in [2.45, 2.75) is 43.7 Å². The fourth-order valence-corrected chi connectivity index (χ4v) is 4.63. The first kappa shape index (κ1) is 26.0. The van der Waals surface area contributed by atoms with E-state index in [4.69, 9.17) is 0 Å². The quantitative estimate of drug-likeness (QED) is 0.441. The predicted octanol–water partition coefficient (Wildman–Crippen LogP) is 3.28. The molecule has 1 heterocycles. The van der Waals surface area contributed by atoms with Crippen molar-refractivity contribution >= 4 is 27.5 Å². The standard InChI is InChI=1S/C25H27FN4O4S/c1-25(2,3)30-35(33,34)20-12-10-19(11-13-20)28-24(32)22(15-17-7-5-4-6-8-17)29-23(31)21-14-9-18(26)16-27-21/h4-14,16,22,30H,15H2,1-3H3,(H,28,32)(H,29,31)/t22-/m0/s1. The van der Waals surface area contributed by atoms with E-state index < -0.39 is 39.2 Å². The summed E-state index contributed by atoms with van der Waals surface area (Å²) in [6, 6.07) is 16.2. The Hall–Kier alpha value is -3.63. The number of rotatable bonds is 8. The number of pyridine rings is 1. The molecule has 3 rings (SSSR count). The van der Waals surface area contributed by atoms with Crippen LogP contribution in [-0.2, 0) is 21.2 Å². The fraction of sp³-hybridized carbons (Fsp3) is 0.240. The number of hydrogen-bond acceptors (Lipinski definition) is 5. The van der Waals surface area contributed by atoms with Gasteiger partial charge >= 0.3 is 0 Å². The molecule has 3 N–H and O–H groups in total. The minimum Gasteiger partial charge on any atom is -0.339 e. The number of amides is 2. The second-order valence-corrected chi connectivity index (χ2v) is 10.6. The van der Waals surface area contributed by atoms with Gasteiger partial charge in [-0.1, -0.05) is 30.3 Å². The van der Waals surface area contributed by atoms with Crippen molar-refractivity contribution in [1.82, 2.24) is 15.0 Å². The first-order chi connectivity index (χ1) is 16.4. The molecule has 2 amide bonds. The number of nitrogens with zero attached hydrogens (tertiary/aromatic N) is 1. The van der Waals surface area contributed by atoms with E-state index in [0.29, 0.717) is 5.69 Å². The SMILES string of the molecule is CC(C)(C)NS(=O)(=O)c1ccc(NC(=O)[C@H](Cc2ccccc2)NC(=O)c2ccc(F)cn2)cc1. The fourth-order valence-electron chi connectivity index (χ4n) is 3.21. The lowest BCUT2D eigenvalue weighted by molar-refractivity contribution is -0.118. The van der Waals surface area contributed by atoms with Crippen LogP contribution >= 0.6 is 0 Å². The lowest BCUT2D eigenvalue weighted by atomic mass is 10.0. The van der Waals surface area contributed by atoms with E-state index in [9.17, 15) is 22.4 Å². The largest absolute Gasteiger partial charge is 0.339 e. The summed E-state index contributed by atoms with van der Waals surface area (Å²) in [4.78, 5) is 29.5. The van der Waals surface area contributed by atoms with Gasteiger partial charge in [0.25, 0.3) is 5.91 Å². The average molecular weight is 499 g/mol. The van der Waals surface area contributed by atoms with E-state index in [1.165, 1.54) is 30.3 Å². The zero-order valence-corrected chi connectivity index (χ0v) is 20.4. The Bertz CT molecular complexity index is 1270. The Labute approximate surface area is 204 Å². The third-order valence-electron chi connectivity index (χ3n) is 4.74. The van der Waals surface area contributed by atoms with Crippen LogP contribution < -0.4 is 15.4 Å². The first-order valence-corrected chi connectivity index (χ1v) is 12.3. The Morgan fingerprint density at radius 1 is 0.971 bits per heavy atom. The van der Waals surface area contributed by atoms with Crippen LogP contribution in [0.1, 0.15) is 36.8 Å². The number of carbonyl (C=O) groups excluding carboxylic acids is 2. The van der Waals surface area contributed by atoms with Crippen molar-refractivity contribution in [1.29, 1.82) is 0 Å². The van der Waals surface area contributed by atoms with Crippen LogP contribution in [0.4, 0.5) is 10.1 Å². The highest BCUT2D eigenvalue weighted by Gasteiger charge is 2.24. The van der Waals surface area contributed by atoms with Gasteiger partial charge < -0.3 is 10.6 Å².